The fraction of sp³-hybridized carbons (Fsp3) is 0.692. The summed E-state index contributed by atoms with van der Waals surface area (Å²) >= 11 is 0. The van der Waals surface area contributed by atoms with Crippen LogP contribution in [0.15, 0.2) is 23.5 Å². The molecule has 80 valence electrons. The van der Waals surface area contributed by atoms with Crippen LogP contribution in [0, 0.1) is 11.3 Å². The normalized spacial score (nSPS) is 26.4. The van der Waals surface area contributed by atoms with Crippen molar-refractivity contribution < 1.29 is 5.11 Å². The minimum atomic E-state index is 0.357. The van der Waals surface area contributed by atoms with Crippen molar-refractivity contribution in [2.45, 2.75) is 47.0 Å². The number of hydrogen-bond acceptors (Lipinski definition) is 1. The van der Waals surface area contributed by atoms with E-state index in [1.54, 1.807) is 0 Å². The number of rotatable bonds is 3. The highest BCUT2D eigenvalue weighted by molar-refractivity contribution is 5.18. The van der Waals surface area contributed by atoms with Crippen LogP contribution in [-0.4, -0.2) is 5.11 Å². The molecule has 0 aromatic carbocycles. The molecule has 0 bridgehead atoms. The highest BCUT2D eigenvalue weighted by Gasteiger charge is 2.34. The number of allylic oxidation sites excluding steroid dienone is 3. The molecule has 0 radical (unpaired) electrons. The highest BCUT2D eigenvalue weighted by atomic mass is 16.2. The molecule has 1 heteroatoms. The van der Waals surface area contributed by atoms with Crippen molar-refractivity contribution in [1.82, 2.24) is 0 Å². The van der Waals surface area contributed by atoms with Crippen LogP contribution < -0.4 is 0 Å². The van der Waals surface area contributed by atoms with Crippen LogP contribution in [0.25, 0.3) is 0 Å². The zero-order chi connectivity index (χ0) is 10.8. The number of hydrogen-bond donors (Lipinski definition) is 1. The van der Waals surface area contributed by atoms with Gasteiger partial charge in [-0.25, -0.2) is 0 Å². The van der Waals surface area contributed by atoms with Crippen molar-refractivity contribution in [3.8, 4) is 0 Å². The molecule has 0 aliphatic heterocycles. The maximum atomic E-state index is 8.82. The lowest BCUT2D eigenvalue weighted by Crippen LogP contribution is -2.20. The molecular weight excluding hydrogens is 172 g/mol. The van der Waals surface area contributed by atoms with Gasteiger partial charge in [0, 0.05) is 0 Å². The SMILES string of the molecule is CC(=CO)CCC1CC=C(C)C1(C)C. The van der Waals surface area contributed by atoms with Gasteiger partial charge >= 0.3 is 0 Å². The van der Waals surface area contributed by atoms with Gasteiger partial charge < -0.3 is 5.11 Å². The third kappa shape index (κ3) is 2.20. The van der Waals surface area contributed by atoms with Gasteiger partial charge in [0.15, 0.2) is 0 Å². The van der Waals surface area contributed by atoms with Crippen molar-refractivity contribution in [2.24, 2.45) is 11.3 Å². The van der Waals surface area contributed by atoms with Gasteiger partial charge in [0.2, 0.25) is 0 Å². The third-order valence-corrected chi connectivity index (χ3v) is 3.85. The maximum Gasteiger partial charge on any atom is 0.0780 e. The smallest absolute Gasteiger partial charge is 0.0780 e. The first kappa shape index (κ1) is 11.4. The second-order valence-corrected chi connectivity index (χ2v) is 5.06. The Morgan fingerprint density at radius 1 is 1.64 bits per heavy atom. The summed E-state index contributed by atoms with van der Waals surface area (Å²) in [5, 5.41) is 8.82. The van der Waals surface area contributed by atoms with Gasteiger partial charge in [0.05, 0.1) is 6.26 Å². The summed E-state index contributed by atoms with van der Waals surface area (Å²) in [5.41, 5.74) is 2.97. The lowest BCUT2D eigenvalue weighted by atomic mass is 9.75. The summed E-state index contributed by atoms with van der Waals surface area (Å²) in [6.07, 6.45) is 7.01. The fourth-order valence-corrected chi connectivity index (χ4v) is 2.14. The Labute approximate surface area is 87.5 Å². The summed E-state index contributed by atoms with van der Waals surface area (Å²) in [7, 11) is 0. The van der Waals surface area contributed by atoms with E-state index in [4.69, 9.17) is 5.11 Å². The van der Waals surface area contributed by atoms with Crippen LogP contribution in [0.3, 0.4) is 0 Å². The highest BCUT2D eigenvalue weighted by Crippen LogP contribution is 2.45. The first-order chi connectivity index (χ1) is 6.48. The summed E-state index contributed by atoms with van der Waals surface area (Å²) in [6.45, 7) is 8.87. The zero-order valence-corrected chi connectivity index (χ0v) is 9.80. The van der Waals surface area contributed by atoms with E-state index < -0.39 is 0 Å². The quantitative estimate of drug-likeness (QED) is 0.527. The Hall–Kier alpha value is -0.720. The van der Waals surface area contributed by atoms with Gasteiger partial charge in [-0.1, -0.05) is 25.5 Å². The van der Waals surface area contributed by atoms with Crippen molar-refractivity contribution in [3.63, 3.8) is 0 Å². The van der Waals surface area contributed by atoms with Crippen LogP contribution in [0.1, 0.15) is 47.0 Å². The van der Waals surface area contributed by atoms with E-state index in [-0.39, 0.29) is 0 Å². The standard InChI is InChI=1S/C13H22O/c1-10(9-14)5-7-12-8-6-11(2)13(12,3)4/h6,9,12,14H,5,7-8H2,1-4H3. The van der Waals surface area contributed by atoms with Crippen molar-refractivity contribution in [2.75, 3.05) is 0 Å². The van der Waals surface area contributed by atoms with Crippen LogP contribution >= 0.6 is 0 Å². The minimum absolute atomic E-state index is 0.357. The summed E-state index contributed by atoms with van der Waals surface area (Å²) in [6, 6.07) is 0. The minimum Gasteiger partial charge on any atom is -0.516 e. The molecule has 0 heterocycles. The molecule has 1 rings (SSSR count). The molecule has 1 aliphatic carbocycles. The van der Waals surface area contributed by atoms with Gasteiger partial charge in [-0.2, -0.15) is 0 Å². The first-order valence-electron chi connectivity index (χ1n) is 5.45. The largest absolute Gasteiger partial charge is 0.516 e. The van der Waals surface area contributed by atoms with E-state index in [0.717, 1.165) is 17.9 Å². The molecule has 1 aliphatic rings. The molecule has 1 nitrogen and oxygen atoms in total. The third-order valence-electron chi connectivity index (χ3n) is 3.85. The second kappa shape index (κ2) is 4.20. The average molecular weight is 194 g/mol. The maximum absolute atomic E-state index is 8.82. The molecule has 0 aromatic rings. The first-order valence-corrected chi connectivity index (χ1v) is 5.45. The van der Waals surface area contributed by atoms with Crippen molar-refractivity contribution >= 4 is 0 Å². The molecule has 0 fully saturated rings. The zero-order valence-electron chi connectivity index (χ0n) is 9.80. The monoisotopic (exact) mass is 194 g/mol. The predicted molar refractivity (Wildman–Crippen MR) is 61.3 cm³/mol. The van der Waals surface area contributed by atoms with Crippen LogP contribution in [-0.2, 0) is 0 Å². The summed E-state index contributed by atoms with van der Waals surface area (Å²) < 4.78 is 0. The van der Waals surface area contributed by atoms with Gasteiger partial charge in [-0.3, -0.25) is 0 Å². The summed E-state index contributed by atoms with van der Waals surface area (Å²) in [5.74, 6) is 0.748. The topological polar surface area (TPSA) is 20.2 Å². The van der Waals surface area contributed by atoms with E-state index in [0.29, 0.717) is 5.41 Å². The second-order valence-electron chi connectivity index (χ2n) is 5.06. The van der Waals surface area contributed by atoms with E-state index in [9.17, 15) is 0 Å². The Kier molecular flexibility index (Phi) is 3.41. The van der Waals surface area contributed by atoms with Crippen molar-refractivity contribution in [1.29, 1.82) is 0 Å². The molecule has 0 aromatic heterocycles. The van der Waals surface area contributed by atoms with Gasteiger partial charge in [-0.15, -0.1) is 0 Å². The van der Waals surface area contributed by atoms with Gasteiger partial charge in [0.25, 0.3) is 0 Å². The average Bonchev–Trinajstić information content (AvgIpc) is 2.39. The molecule has 0 saturated heterocycles. The summed E-state index contributed by atoms with van der Waals surface area (Å²) in [4.78, 5) is 0. The predicted octanol–water partition coefficient (Wildman–Crippen LogP) is 4.22. The van der Waals surface area contributed by atoms with Crippen LogP contribution in [0.2, 0.25) is 0 Å². The Bertz CT molecular complexity index is 258. The Balaban J connectivity index is 2.50. The fourth-order valence-electron chi connectivity index (χ4n) is 2.14. The molecule has 0 amide bonds. The molecule has 0 spiro atoms. The van der Waals surface area contributed by atoms with Gasteiger partial charge in [-0.05, 0) is 50.0 Å². The van der Waals surface area contributed by atoms with E-state index in [1.165, 1.54) is 24.7 Å². The van der Waals surface area contributed by atoms with E-state index in [2.05, 4.69) is 26.8 Å². The number of aliphatic hydroxyl groups is 1. The van der Waals surface area contributed by atoms with E-state index in [1.807, 2.05) is 6.92 Å². The Morgan fingerprint density at radius 3 is 2.71 bits per heavy atom. The molecule has 1 unspecified atom stereocenters. The van der Waals surface area contributed by atoms with Gasteiger partial charge in [0.1, 0.15) is 0 Å². The van der Waals surface area contributed by atoms with E-state index >= 15 is 0 Å². The van der Waals surface area contributed by atoms with Crippen molar-refractivity contribution in [3.05, 3.63) is 23.5 Å². The lowest BCUT2D eigenvalue weighted by molar-refractivity contribution is 0.274. The molecule has 1 N–H and O–H groups in total. The Morgan fingerprint density at radius 2 is 2.29 bits per heavy atom. The lowest BCUT2D eigenvalue weighted by Gasteiger charge is -2.29. The van der Waals surface area contributed by atoms with Crippen LogP contribution in [0.5, 0.6) is 0 Å². The number of aliphatic hydroxyl groups excluding tert-OH is 1. The molecular formula is C13H22O. The molecule has 14 heavy (non-hydrogen) atoms. The van der Waals surface area contributed by atoms with Crippen LogP contribution in [0.4, 0.5) is 0 Å². The molecule has 1 atom stereocenters. The molecule has 0 saturated carbocycles.